The number of nitrogens with zero attached hydrogens (tertiary/aromatic N) is 1. The summed E-state index contributed by atoms with van der Waals surface area (Å²) in [4.78, 5) is 3.94. The Morgan fingerprint density at radius 2 is 2.00 bits per heavy atom. The molecule has 1 aromatic heterocycles. The van der Waals surface area contributed by atoms with Crippen LogP contribution < -0.4 is 10.1 Å². The van der Waals surface area contributed by atoms with Gasteiger partial charge >= 0.3 is 0 Å². The highest BCUT2D eigenvalue weighted by atomic mass is 19.1. The number of pyridine rings is 1. The van der Waals surface area contributed by atoms with Crippen LogP contribution in [0.2, 0.25) is 0 Å². The highest BCUT2D eigenvalue weighted by Gasteiger charge is 2.10. The number of rotatable bonds is 5. The van der Waals surface area contributed by atoms with Crippen molar-refractivity contribution in [3.8, 4) is 11.6 Å². The van der Waals surface area contributed by atoms with Gasteiger partial charge in [-0.05, 0) is 31.2 Å². The van der Waals surface area contributed by atoms with Crippen LogP contribution in [0.3, 0.4) is 0 Å². The zero-order chi connectivity index (χ0) is 14.5. The van der Waals surface area contributed by atoms with Crippen LogP contribution in [0.4, 0.5) is 8.78 Å². The number of hydrogen-bond donors (Lipinski definition) is 1. The number of nitrogens with one attached hydrogen (secondary N) is 1. The molecular weight excluding hydrogens is 262 g/mol. The third-order valence-electron chi connectivity index (χ3n) is 2.81. The second kappa shape index (κ2) is 6.43. The summed E-state index contributed by atoms with van der Waals surface area (Å²) in [7, 11) is 0. The predicted octanol–water partition coefficient (Wildman–Crippen LogP) is 3.57. The Morgan fingerprint density at radius 3 is 2.75 bits per heavy atom. The molecule has 106 valence electrons. The third-order valence-corrected chi connectivity index (χ3v) is 2.81. The SMILES string of the molecule is CCNCc1cc(F)cnc1Oc1cc(F)ccc1C. The zero-order valence-electron chi connectivity index (χ0n) is 11.4. The summed E-state index contributed by atoms with van der Waals surface area (Å²) in [5.41, 5.74) is 1.38. The average Bonchev–Trinajstić information content (AvgIpc) is 2.43. The van der Waals surface area contributed by atoms with Crippen molar-refractivity contribution in [3.63, 3.8) is 0 Å². The van der Waals surface area contributed by atoms with E-state index in [1.165, 1.54) is 18.2 Å². The number of halogens is 2. The molecule has 20 heavy (non-hydrogen) atoms. The van der Waals surface area contributed by atoms with Crippen molar-refractivity contribution in [3.05, 3.63) is 53.2 Å². The lowest BCUT2D eigenvalue weighted by Crippen LogP contribution is -2.13. The molecular formula is C15H16F2N2O. The Kier molecular flexibility index (Phi) is 4.63. The second-order valence-electron chi connectivity index (χ2n) is 4.41. The molecule has 0 aliphatic carbocycles. The second-order valence-corrected chi connectivity index (χ2v) is 4.41. The maximum atomic E-state index is 13.3. The summed E-state index contributed by atoms with van der Waals surface area (Å²) in [5.74, 6) is -0.162. The van der Waals surface area contributed by atoms with E-state index in [1.807, 2.05) is 13.8 Å². The number of hydrogen-bond acceptors (Lipinski definition) is 3. The fourth-order valence-electron chi connectivity index (χ4n) is 1.73. The van der Waals surface area contributed by atoms with E-state index in [0.29, 0.717) is 17.9 Å². The molecule has 0 spiro atoms. The van der Waals surface area contributed by atoms with Gasteiger partial charge in [-0.25, -0.2) is 13.8 Å². The summed E-state index contributed by atoms with van der Waals surface area (Å²) in [6.07, 6.45) is 1.08. The lowest BCUT2D eigenvalue weighted by atomic mass is 10.2. The van der Waals surface area contributed by atoms with Gasteiger partial charge in [-0.15, -0.1) is 0 Å². The molecule has 2 rings (SSSR count). The van der Waals surface area contributed by atoms with E-state index >= 15 is 0 Å². The monoisotopic (exact) mass is 278 g/mol. The van der Waals surface area contributed by atoms with Gasteiger partial charge in [-0.2, -0.15) is 0 Å². The van der Waals surface area contributed by atoms with Crippen LogP contribution in [0.15, 0.2) is 30.5 Å². The maximum absolute atomic E-state index is 13.3. The van der Waals surface area contributed by atoms with Crippen LogP contribution >= 0.6 is 0 Å². The van der Waals surface area contributed by atoms with Crippen molar-refractivity contribution in [2.45, 2.75) is 20.4 Å². The number of benzene rings is 1. The first-order valence-electron chi connectivity index (χ1n) is 6.39. The smallest absolute Gasteiger partial charge is 0.223 e. The van der Waals surface area contributed by atoms with Gasteiger partial charge in [-0.1, -0.05) is 13.0 Å². The molecule has 0 aliphatic heterocycles. The van der Waals surface area contributed by atoms with Gasteiger partial charge in [0, 0.05) is 18.2 Å². The third kappa shape index (κ3) is 3.51. The predicted molar refractivity (Wildman–Crippen MR) is 72.8 cm³/mol. The number of aryl methyl sites for hydroxylation is 1. The Hall–Kier alpha value is -2.01. The summed E-state index contributed by atoms with van der Waals surface area (Å²) in [6, 6.07) is 5.63. The molecule has 1 aromatic carbocycles. The first kappa shape index (κ1) is 14.4. The van der Waals surface area contributed by atoms with Gasteiger partial charge in [0.05, 0.1) is 6.20 Å². The van der Waals surface area contributed by atoms with Crippen molar-refractivity contribution < 1.29 is 13.5 Å². The summed E-state index contributed by atoms with van der Waals surface area (Å²) in [6.45, 7) is 4.94. The minimum atomic E-state index is -0.429. The minimum Gasteiger partial charge on any atom is -0.438 e. The molecule has 0 bridgehead atoms. The molecule has 0 saturated carbocycles. The van der Waals surface area contributed by atoms with Crippen LogP contribution in [-0.4, -0.2) is 11.5 Å². The molecule has 0 atom stereocenters. The average molecular weight is 278 g/mol. The van der Waals surface area contributed by atoms with Gasteiger partial charge in [-0.3, -0.25) is 0 Å². The molecule has 1 N–H and O–H groups in total. The molecule has 0 amide bonds. The van der Waals surface area contributed by atoms with Crippen molar-refractivity contribution in [2.24, 2.45) is 0 Å². The molecule has 1 heterocycles. The molecule has 2 aromatic rings. The fraction of sp³-hybridized carbons (Fsp3) is 0.267. The molecule has 0 radical (unpaired) electrons. The molecule has 0 unspecified atom stereocenters. The Balaban J connectivity index is 2.30. The van der Waals surface area contributed by atoms with Gasteiger partial charge in [0.25, 0.3) is 0 Å². The van der Waals surface area contributed by atoms with Crippen LogP contribution in [0, 0.1) is 18.6 Å². The maximum Gasteiger partial charge on any atom is 0.223 e. The van der Waals surface area contributed by atoms with E-state index in [0.717, 1.165) is 18.3 Å². The Bertz CT molecular complexity index is 602. The van der Waals surface area contributed by atoms with E-state index in [2.05, 4.69) is 10.3 Å². The van der Waals surface area contributed by atoms with Crippen molar-refractivity contribution in [2.75, 3.05) is 6.54 Å². The molecule has 5 heteroatoms. The first-order chi connectivity index (χ1) is 9.60. The lowest BCUT2D eigenvalue weighted by Gasteiger charge is -2.12. The van der Waals surface area contributed by atoms with E-state index in [9.17, 15) is 8.78 Å². The lowest BCUT2D eigenvalue weighted by molar-refractivity contribution is 0.442. The highest BCUT2D eigenvalue weighted by Crippen LogP contribution is 2.27. The molecule has 0 fully saturated rings. The topological polar surface area (TPSA) is 34.2 Å². The van der Waals surface area contributed by atoms with Gasteiger partial charge in [0.1, 0.15) is 17.4 Å². The van der Waals surface area contributed by atoms with E-state index in [-0.39, 0.29) is 11.7 Å². The molecule has 3 nitrogen and oxygen atoms in total. The van der Waals surface area contributed by atoms with Crippen molar-refractivity contribution in [1.82, 2.24) is 10.3 Å². The molecule has 0 saturated heterocycles. The van der Waals surface area contributed by atoms with Crippen LogP contribution in [-0.2, 0) is 6.54 Å². The normalized spacial score (nSPS) is 10.6. The Labute approximate surface area is 116 Å². The summed E-state index contributed by atoms with van der Waals surface area (Å²) < 4.78 is 32.1. The van der Waals surface area contributed by atoms with E-state index in [1.54, 1.807) is 6.07 Å². The fourth-order valence-corrected chi connectivity index (χ4v) is 1.73. The van der Waals surface area contributed by atoms with Crippen LogP contribution in [0.25, 0.3) is 0 Å². The summed E-state index contributed by atoms with van der Waals surface area (Å²) >= 11 is 0. The van der Waals surface area contributed by atoms with Gasteiger partial charge < -0.3 is 10.1 Å². The standard InChI is InChI=1S/C15H16F2N2O/c1-3-18-8-11-6-13(17)9-19-15(11)20-14-7-12(16)5-4-10(14)2/h4-7,9,18H,3,8H2,1-2H3. The Morgan fingerprint density at radius 1 is 1.20 bits per heavy atom. The number of ether oxygens (including phenoxy) is 1. The summed E-state index contributed by atoms with van der Waals surface area (Å²) in [5, 5.41) is 3.08. The zero-order valence-corrected chi connectivity index (χ0v) is 11.4. The van der Waals surface area contributed by atoms with Gasteiger partial charge in [0.2, 0.25) is 5.88 Å². The quantitative estimate of drug-likeness (QED) is 0.908. The van der Waals surface area contributed by atoms with Crippen LogP contribution in [0.5, 0.6) is 11.6 Å². The van der Waals surface area contributed by atoms with E-state index < -0.39 is 5.82 Å². The largest absolute Gasteiger partial charge is 0.438 e. The van der Waals surface area contributed by atoms with Crippen molar-refractivity contribution >= 4 is 0 Å². The minimum absolute atomic E-state index is 0.279. The van der Waals surface area contributed by atoms with E-state index in [4.69, 9.17) is 4.74 Å². The van der Waals surface area contributed by atoms with Gasteiger partial charge in [0.15, 0.2) is 0 Å². The highest BCUT2D eigenvalue weighted by molar-refractivity contribution is 5.38. The first-order valence-corrected chi connectivity index (χ1v) is 6.39. The van der Waals surface area contributed by atoms with Crippen molar-refractivity contribution in [1.29, 1.82) is 0 Å². The van der Waals surface area contributed by atoms with Crippen LogP contribution in [0.1, 0.15) is 18.1 Å². The molecule has 0 aliphatic rings. The number of aromatic nitrogens is 1.